The molecule has 1 atom stereocenters. The molecular weight excluding hydrogens is 378 g/mol. The third-order valence-corrected chi connectivity index (χ3v) is 5.51. The van der Waals surface area contributed by atoms with E-state index in [0.29, 0.717) is 10.7 Å². The van der Waals surface area contributed by atoms with Crippen molar-refractivity contribution in [3.05, 3.63) is 88.6 Å². The van der Waals surface area contributed by atoms with Crippen molar-refractivity contribution in [3.8, 4) is 0 Å². The molecule has 0 saturated heterocycles. The number of rotatable bonds is 3. The van der Waals surface area contributed by atoms with Crippen molar-refractivity contribution in [1.82, 2.24) is 10.6 Å². The smallest absolute Gasteiger partial charge is 0.255 e. The van der Waals surface area contributed by atoms with E-state index in [1.165, 1.54) is 0 Å². The molecule has 0 unspecified atom stereocenters. The fourth-order valence-corrected chi connectivity index (χ4v) is 4.06. The summed E-state index contributed by atoms with van der Waals surface area (Å²) in [6, 6.07) is 20.0. The predicted octanol–water partition coefficient (Wildman–Crippen LogP) is 4.89. The lowest BCUT2D eigenvalue weighted by atomic mass is 9.91. The first-order valence-electron chi connectivity index (χ1n) is 9.58. The molecule has 4 rings (SSSR count). The van der Waals surface area contributed by atoms with Gasteiger partial charge in [0.1, 0.15) is 0 Å². The van der Waals surface area contributed by atoms with Crippen molar-refractivity contribution in [2.45, 2.75) is 26.8 Å². The number of carbonyl (C=O) groups is 1. The molecule has 4 nitrogen and oxygen atoms in total. The van der Waals surface area contributed by atoms with Gasteiger partial charge in [-0.1, -0.05) is 54.6 Å². The van der Waals surface area contributed by atoms with E-state index in [1.54, 1.807) is 0 Å². The molecule has 29 heavy (non-hydrogen) atoms. The van der Waals surface area contributed by atoms with E-state index in [2.05, 4.69) is 34.1 Å². The summed E-state index contributed by atoms with van der Waals surface area (Å²) >= 11 is 5.40. The van der Waals surface area contributed by atoms with Crippen LogP contribution in [0.1, 0.15) is 29.7 Å². The van der Waals surface area contributed by atoms with Gasteiger partial charge in [-0.05, 0) is 66.5 Å². The van der Waals surface area contributed by atoms with Gasteiger partial charge in [0.2, 0.25) is 0 Å². The van der Waals surface area contributed by atoms with Crippen LogP contribution < -0.4 is 16.0 Å². The molecule has 0 bridgehead atoms. The zero-order valence-corrected chi connectivity index (χ0v) is 17.5. The second-order valence-electron chi connectivity index (χ2n) is 7.41. The number of allylic oxidation sites excluding steroid dienone is 1. The normalized spacial score (nSPS) is 16.4. The number of aryl methyl sites for hydroxylation is 2. The van der Waals surface area contributed by atoms with E-state index in [9.17, 15) is 4.79 Å². The topological polar surface area (TPSA) is 53.2 Å². The molecule has 0 aliphatic carbocycles. The molecule has 0 spiro atoms. The van der Waals surface area contributed by atoms with Gasteiger partial charge in [0.25, 0.3) is 5.91 Å². The summed E-state index contributed by atoms with van der Waals surface area (Å²) in [5, 5.41) is 12.2. The number of fused-ring (bicyclic) bond motifs is 1. The second-order valence-corrected chi connectivity index (χ2v) is 7.82. The van der Waals surface area contributed by atoms with Crippen LogP contribution in [0.2, 0.25) is 0 Å². The number of carbonyl (C=O) groups excluding carboxylic acids is 1. The van der Waals surface area contributed by atoms with E-state index < -0.39 is 0 Å². The molecule has 3 aromatic rings. The summed E-state index contributed by atoms with van der Waals surface area (Å²) in [5.41, 5.74) is 5.36. The Morgan fingerprint density at radius 3 is 2.59 bits per heavy atom. The standard InChI is InChI=1S/C24H23N3OS/c1-14-11-12-15(2)20(13-14)26-23(28)21-16(3)25-24(29)27-22(21)19-10-6-8-17-7-4-5-9-18(17)19/h4-13,22H,1-3H3,(H,26,28)(H2,25,27,29)/t22-/m1/s1. The maximum atomic E-state index is 13.4. The Morgan fingerprint density at radius 2 is 1.76 bits per heavy atom. The van der Waals surface area contributed by atoms with Gasteiger partial charge < -0.3 is 16.0 Å². The van der Waals surface area contributed by atoms with Crippen LogP contribution in [0.25, 0.3) is 10.8 Å². The Bertz CT molecular complexity index is 1160. The minimum atomic E-state index is -0.333. The number of hydrogen-bond acceptors (Lipinski definition) is 2. The molecule has 1 amide bonds. The first-order chi connectivity index (χ1) is 13.9. The quantitative estimate of drug-likeness (QED) is 0.547. The first kappa shape index (κ1) is 19.2. The maximum Gasteiger partial charge on any atom is 0.255 e. The van der Waals surface area contributed by atoms with Crippen LogP contribution in [0, 0.1) is 13.8 Å². The molecule has 1 aliphatic rings. The van der Waals surface area contributed by atoms with Gasteiger partial charge in [-0.2, -0.15) is 0 Å². The van der Waals surface area contributed by atoms with Crippen LogP contribution >= 0.6 is 12.2 Å². The molecular formula is C24H23N3OS. The molecule has 146 valence electrons. The van der Waals surface area contributed by atoms with Gasteiger partial charge in [0.15, 0.2) is 5.11 Å². The summed E-state index contributed by atoms with van der Waals surface area (Å²) in [5.74, 6) is -0.142. The minimum absolute atomic E-state index is 0.142. The van der Waals surface area contributed by atoms with Gasteiger partial charge >= 0.3 is 0 Å². The van der Waals surface area contributed by atoms with Crippen molar-refractivity contribution < 1.29 is 4.79 Å². The van der Waals surface area contributed by atoms with Gasteiger partial charge in [0, 0.05) is 11.4 Å². The molecule has 5 heteroatoms. The van der Waals surface area contributed by atoms with Crippen molar-refractivity contribution in [2.24, 2.45) is 0 Å². The van der Waals surface area contributed by atoms with Crippen LogP contribution in [0.5, 0.6) is 0 Å². The van der Waals surface area contributed by atoms with E-state index in [1.807, 2.05) is 63.2 Å². The van der Waals surface area contributed by atoms with Crippen LogP contribution in [-0.4, -0.2) is 11.0 Å². The van der Waals surface area contributed by atoms with Gasteiger partial charge in [-0.15, -0.1) is 0 Å². The molecule has 0 fully saturated rings. The van der Waals surface area contributed by atoms with E-state index >= 15 is 0 Å². The summed E-state index contributed by atoms with van der Waals surface area (Å²) in [6.07, 6.45) is 0. The summed E-state index contributed by atoms with van der Waals surface area (Å²) in [4.78, 5) is 13.4. The Kier molecular flexibility index (Phi) is 5.07. The average Bonchev–Trinajstić information content (AvgIpc) is 2.69. The van der Waals surface area contributed by atoms with Crippen molar-refractivity contribution in [1.29, 1.82) is 0 Å². The highest BCUT2D eigenvalue weighted by atomic mass is 32.1. The van der Waals surface area contributed by atoms with Crippen LogP contribution in [-0.2, 0) is 4.79 Å². The van der Waals surface area contributed by atoms with Crippen LogP contribution in [0.15, 0.2) is 71.9 Å². The lowest BCUT2D eigenvalue weighted by Crippen LogP contribution is -2.45. The molecule has 0 saturated carbocycles. The van der Waals surface area contributed by atoms with Crippen LogP contribution in [0.3, 0.4) is 0 Å². The molecule has 1 aliphatic heterocycles. The number of benzene rings is 3. The lowest BCUT2D eigenvalue weighted by Gasteiger charge is -2.31. The van der Waals surface area contributed by atoms with Gasteiger partial charge in [-0.3, -0.25) is 4.79 Å². The highest BCUT2D eigenvalue weighted by Crippen LogP contribution is 2.32. The molecule has 3 N–H and O–H groups in total. The number of hydrogen-bond donors (Lipinski definition) is 3. The number of thiocarbonyl (C=S) groups is 1. The summed E-state index contributed by atoms with van der Waals surface area (Å²) < 4.78 is 0. The van der Waals surface area contributed by atoms with E-state index in [-0.39, 0.29) is 11.9 Å². The van der Waals surface area contributed by atoms with Crippen molar-refractivity contribution in [2.75, 3.05) is 5.32 Å². The summed E-state index contributed by atoms with van der Waals surface area (Å²) in [7, 11) is 0. The summed E-state index contributed by atoms with van der Waals surface area (Å²) in [6.45, 7) is 5.90. The molecule has 0 aromatic heterocycles. The third kappa shape index (κ3) is 3.74. The maximum absolute atomic E-state index is 13.4. The Hall–Kier alpha value is -3.18. The second kappa shape index (κ2) is 7.68. The first-order valence-corrected chi connectivity index (χ1v) is 9.99. The minimum Gasteiger partial charge on any atom is -0.351 e. The molecule has 3 aromatic carbocycles. The number of anilines is 1. The predicted molar refractivity (Wildman–Crippen MR) is 123 cm³/mol. The Balaban J connectivity index is 1.78. The Labute approximate surface area is 176 Å². The zero-order chi connectivity index (χ0) is 20.5. The van der Waals surface area contributed by atoms with Crippen molar-refractivity contribution in [3.63, 3.8) is 0 Å². The van der Waals surface area contributed by atoms with Gasteiger partial charge in [0.05, 0.1) is 11.6 Å². The molecule has 1 heterocycles. The fraction of sp³-hybridized carbons (Fsp3) is 0.167. The number of nitrogens with one attached hydrogen (secondary N) is 3. The van der Waals surface area contributed by atoms with Crippen LogP contribution in [0.4, 0.5) is 5.69 Å². The average molecular weight is 402 g/mol. The largest absolute Gasteiger partial charge is 0.351 e. The van der Waals surface area contributed by atoms with E-state index in [4.69, 9.17) is 12.2 Å². The van der Waals surface area contributed by atoms with Crippen molar-refractivity contribution >= 4 is 39.7 Å². The SMILES string of the molecule is CC1=C(C(=O)Nc2cc(C)ccc2C)[C@@H](c2cccc3ccccc23)NC(=S)N1. The van der Waals surface area contributed by atoms with E-state index in [0.717, 1.165) is 38.8 Å². The zero-order valence-electron chi connectivity index (χ0n) is 16.7. The molecule has 0 radical (unpaired) electrons. The fourth-order valence-electron chi connectivity index (χ4n) is 3.79. The monoisotopic (exact) mass is 401 g/mol. The van der Waals surface area contributed by atoms with Gasteiger partial charge in [-0.25, -0.2) is 0 Å². The number of amides is 1. The lowest BCUT2D eigenvalue weighted by molar-refractivity contribution is -0.113. The highest BCUT2D eigenvalue weighted by Gasteiger charge is 2.31. The third-order valence-electron chi connectivity index (χ3n) is 5.29. The highest BCUT2D eigenvalue weighted by molar-refractivity contribution is 7.80. The Morgan fingerprint density at radius 1 is 1.00 bits per heavy atom.